The summed E-state index contributed by atoms with van der Waals surface area (Å²) in [5, 5.41) is 1.36. The van der Waals surface area contributed by atoms with Gasteiger partial charge < -0.3 is 4.74 Å². The van der Waals surface area contributed by atoms with Crippen molar-refractivity contribution >= 4 is 39.0 Å². The molecule has 0 unspecified atom stereocenters. The van der Waals surface area contributed by atoms with Crippen molar-refractivity contribution in [3.8, 4) is 5.75 Å². The van der Waals surface area contributed by atoms with E-state index in [0.29, 0.717) is 15.6 Å². The number of benzene rings is 2. The van der Waals surface area contributed by atoms with Gasteiger partial charge >= 0.3 is 5.97 Å². The second kappa shape index (κ2) is 6.34. The number of ether oxygens (including phenoxy) is 1. The molecule has 0 N–H and O–H groups in total. The van der Waals surface area contributed by atoms with Gasteiger partial charge in [0.15, 0.2) is 0 Å². The Morgan fingerprint density at radius 2 is 1.91 bits per heavy atom. The molecule has 0 saturated carbocycles. The molecule has 0 aliphatic heterocycles. The zero-order valence-electron chi connectivity index (χ0n) is 13.2. The molecule has 0 bridgehead atoms. The van der Waals surface area contributed by atoms with Gasteiger partial charge in [-0.05, 0) is 36.1 Å². The van der Waals surface area contributed by atoms with E-state index in [-0.39, 0.29) is 5.92 Å². The summed E-state index contributed by atoms with van der Waals surface area (Å²) in [5.41, 5.74) is 2.07. The Morgan fingerprint density at radius 1 is 1.17 bits per heavy atom. The monoisotopic (exact) mass is 344 g/mol. The maximum Gasteiger partial charge on any atom is 0.355 e. The van der Waals surface area contributed by atoms with E-state index in [1.54, 1.807) is 0 Å². The van der Waals surface area contributed by atoms with Crippen molar-refractivity contribution in [2.45, 2.75) is 26.7 Å². The summed E-state index contributed by atoms with van der Waals surface area (Å²) in [6.07, 6.45) is 0. The molecule has 118 valence electrons. The molecule has 3 rings (SSSR count). The molecule has 0 saturated heterocycles. The van der Waals surface area contributed by atoms with Crippen molar-refractivity contribution in [3.05, 3.63) is 63.5 Å². The van der Waals surface area contributed by atoms with Crippen LogP contribution >= 0.6 is 22.9 Å². The zero-order valence-corrected chi connectivity index (χ0v) is 14.8. The van der Waals surface area contributed by atoms with E-state index in [1.165, 1.54) is 11.3 Å². The van der Waals surface area contributed by atoms with Gasteiger partial charge in [-0.25, -0.2) is 4.79 Å². The molecule has 23 heavy (non-hydrogen) atoms. The summed E-state index contributed by atoms with van der Waals surface area (Å²) in [4.78, 5) is 13.0. The SMILES string of the molecule is Cc1ccc(C(C)C)c(OC(=O)c2sc3ccccc3c2Cl)c1. The van der Waals surface area contributed by atoms with Crippen molar-refractivity contribution in [1.29, 1.82) is 0 Å². The Kier molecular flexibility index (Phi) is 4.42. The standard InChI is InChI=1S/C19H17ClO2S/c1-11(2)13-9-8-12(3)10-15(13)22-19(21)18-17(20)14-6-4-5-7-16(14)23-18/h4-11H,1-3H3. The average Bonchev–Trinajstić information content (AvgIpc) is 2.85. The van der Waals surface area contributed by atoms with Gasteiger partial charge in [-0.3, -0.25) is 0 Å². The fourth-order valence-corrected chi connectivity index (χ4v) is 3.88. The van der Waals surface area contributed by atoms with E-state index in [4.69, 9.17) is 16.3 Å². The first kappa shape index (κ1) is 16.0. The molecule has 0 amide bonds. The molecule has 4 heteroatoms. The maximum absolute atomic E-state index is 12.6. The van der Waals surface area contributed by atoms with Crippen LogP contribution in [0, 0.1) is 6.92 Å². The molecule has 0 atom stereocenters. The third-order valence-corrected chi connectivity index (χ3v) is 5.37. The molecule has 2 nitrogen and oxygen atoms in total. The number of esters is 1. The Morgan fingerprint density at radius 3 is 2.61 bits per heavy atom. The summed E-state index contributed by atoms with van der Waals surface area (Å²) < 4.78 is 6.66. The topological polar surface area (TPSA) is 26.3 Å². The van der Waals surface area contributed by atoms with Crippen LogP contribution in [0.2, 0.25) is 5.02 Å². The number of carbonyl (C=O) groups is 1. The predicted molar refractivity (Wildman–Crippen MR) is 97.1 cm³/mol. The highest BCUT2D eigenvalue weighted by atomic mass is 35.5. The second-order valence-electron chi connectivity index (χ2n) is 5.83. The molecule has 0 aliphatic rings. The van der Waals surface area contributed by atoms with E-state index in [0.717, 1.165) is 21.2 Å². The van der Waals surface area contributed by atoms with E-state index < -0.39 is 5.97 Å². The van der Waals surface area contributed by atoms with E-state index in [9.17, 15) is 4.79 Å². The number of thiophene rings is 1. The zero-order chi connectivity index (χ0) is 16.6. The molecule has 0 radical (unpaired) electrons. The highest BCUT2D eigenvalue weighted by Gasteiger charge is 2.20. The lowest BCUT2D eigenvalue weighted by Gasteiger charge is -2.13. The minimum Gasteiger partial charge on any atom is -0.422 e. The Balaban J connectivity index is 1.98. The quantitative estimate of drug-likeness (QED) is 0.417. The molecule has 3 aromatic rings. The molecule has 1 aromatic heterocycles. The first-order valence-corrected chi connectivity index (χ1v) is 8.66. The van der Waals surface area contributed by atoms with E-state index in [2.05, 4.69) is 13.8 Å². The Hall–Kier alpha value is -1.84. The van der Waals surface area contributed by atoms with Gasteiger partial charge in [-0.15, -0.1) is 11.3 Å². The summed E-state index contributed by atoms with van der Waals surface area (Å²) in [6, 6.07) is 13.6. The van der Waals surface area contributed by atoms with Crippen LogP contribution in [-0.2, 0) is 0 Å². The van der Waals surface area contributed by atoms with Crippen molar-refractivity contribution in [3.63, 3.8) is 0 Å². The predicted octanol–water partition coefficient (Wildman–Crippen LogP) is 6.21. The van der Waals surface area contributed by atoms with Crippen LogP contribution in [0.5, 0.6) is 5.75 Å². The van der Waals surface area contributed by atoms with Gasteiger partial charge in [0, 0.05) is 10.1 Å². The number of fused-ring (bicyclic) bond motifs is 1. The Bertz CT molecular complexity index is 880. The number of aryl methyl sites for hydroxylation is 1. The average molecular weight is 345 g/mol. The van der Waals surface area contributed by atoms with Crippen LogP contribution in [0.3, 0.4) is 0 Å². The molecule has 0 fully saturated rings. The van der Waals surface area contributed by atoms with Gasteiger partial charge in [0.05, 0.1) is 5.02 Å². The number of carbonyl (C=O) groups excluding carboxylic acids is 1. The smallest absolute Gasteiger partial charge is 0.355 e. The number of rotatable bonds is 3. The fourth-order valence-electron chi connectivity index (χ4n) is 2.50. The fraction of sp³-hybridized carbons (Fsp3) is 0.211. The highest BCUT2D eigenvalue weighted by molar-refractivity contribution is 7.21. The Labute approximate surface area is 144 Å². The third-order valence-electron chi connectivity index (χ3n) is 3.71. The molecule has 0 spiro atoms. The van der Waals surface area contributed by atoms with Gasteiger partial charge in [0.2, 0.25) is 0 Å². The van der Waals surface area contributed by atoms with Gasteiger partial charge in [0.1, 0.15) is 10.6 Å². The van der Waals surface area contributed by atoms with E-state index >= 15 is 0 Å². The van der Waals surface area contributed by atoms with Crippen LogP contribution in [0.1, 0.15) is 40.6 Å². The minimum absolute atomic E-state index is 0.274. The van der Waals surface area contributed by atoms with Crippen LogP contribution in [0.25, 0.3) is 10.1 Å². The van der Waals surface area contributed by atoms with Gasteiger partial charge in [0.25, 0.3) is 0 Å². The number of halogens is 1. The van der Waals surface area contributed by atoms with E-state index in [1.807, 2.05) is 49.4 Å². The molecular weight excluding hydrogens is 328 g/mol. The summed E-state index contributed by atoms with van der Waals surface area (Å²) in [6.45, 7) is 6.14. The summed E-state index contributed by atoms with van der Waals surface area (Å²) in [7, 11) is 0. The summed E-state index contributed by atoms with van der Waals surface area (Å²) >= 11 is 7.72. The molecule has 2 aromatic carbocycles. The minimum atomic E-state index is -0.399. The molecular formula is C19H17ClO2S. The highest BCUT2D eigenvalue weighted by Crippen LogP contribution is 2.36. The normalized spacial score (nSPS) is 11.2. The van der Waals surface area contributed by atoms with Crippen molar-refractivity contribution in [1.82, 2.24) is 0 Å². The van der Waals surface area contributed by atoms with Crippen molar-refractivity contribution < 1.29 is 9.53 Å². The number of hydrogen-bond acceptors (Lipinski definition) is 3. The first-order valence-electron chi connectivity index (χ1n) is 7.47. The van der Waals surface area contributed by atoms with Gasteiger partial charge in [-0.2, -0.15) is 0 Å². The van der Waals surface area contributed by atoms with Crippen LogP contribution in [-0.4, -0.2) is 5.97 Å². The van der Waals surface area contributed by atoms with Gasteiger partial charge in [-0.1, -0.05) is 55.8 Å². The van der Waals surface area contributed by atoms with Crippen LogP contribution in [0.15, 0.2) is 42.5 Å². The maximum atomic E-state index is 12.6. The second-order valence-corrected chi connectivity index (χ2v) is 7.26. The lowest BCUT2D eigenvalue weighted by Crippen LogP contribution is -2.09. The van der Waals surface area contributed by atoms with Crippen LogP contribution in [0.4, 0.5) is 0 Å². The molecule has 0 aliphatic carbocycles. The third kappa shape index (κ3) is 3.12. The molecule has 1 heterocycles. The lowest BCUT2D eigenvalue weighted by atomic mass is 10.0. The van der Waals surface area contributed by atoms with Crippen molar-refractivity contribution in [2.75, 3.05) is 0 Å². The lowest BCUT2D eigenvalue weighted by molar-refractivity contribution is 0.0738. The summed E-state index contributed by atoms with van der Waals surface area (Å²) in [5.74, 6) is 0.485. The van der Waals surface area contributed by atoms with Crippen LogP contribution < -0.4 is 4.74 Å². The first-order chi connectivity index (χ1) is 11.0. The number of hydrogen-bond donors (Lipinski definition) is 0. The van der Waals surface area contributed by atoms with Crippen molar-refractivity contribution in [2.24, 2.45) is 0 Å². The largest absolute Gasteiger partial charge is 0.422 e.